The minimum Gasteiger partial charge on any atom is -0.388 e. The smallest absolute Gasteiger partial charge is 0.139 e. The molecule has 0 bridgehead atoms. The van der Waals surface area contributed by atoms with Crippen LogP contribution in [0.15, 0.2) is 47.5 Å². The summed E-state index contributed by atoms with van der Waals surface area (Å²) in [7, 11) is 0. The zero-order chi connectivity index (χ0) is 17.9. The number of hydrogen-bond donors (Lipinski definition) is 1. The van der Waals surface area contributed by atoms with Crippen molar-refractivity contribution in [2.75, 3.05) is 19.9 Å². The number of aromatic nitrogens is 1. The number of nitrogens with two attached hydrogens (primary N) is 1. The van der Waals surface area contributed by atoms with E-state index < -0.39 is 0 Å². The van der Waals surface area contributed by atoms with E-state index in [1.807, 2.05) is 0 Å². The van der Waals surface area contributed by atoms with Crippen LogP contribution in [0.3, 0.4) is 0 Å². The highest BCUT2D eigenvalue weighted by molar-refractivity contribution is 6.08. The van der Waals surface area contributed by atoms with Crippen LogP contribution >= 0.6 is 0 Å². The summed E-state index contributed by atoms with van der Waals surface area (Å²) in [6.45, 7) is 4.25. The van der Waals surface area contributed by atoms with E-state index in [9.17, 15) is 0 Å². The van der Waals surface area contributed by atoms with Gasteiger partial charge in [0.2, 0.25) is 0 Å². The van der Waals surface area contributed by atoms with Gasteiger partial charge in [-0.1, -0.05) is 30.3 Å². The molecule has 2 aromatic carbocycles. The second-order valence-electron chi connectivity index (χ2n) is 6.86. The van der Waals surface area contributed by atoms with E-state index in [4.69, 9.17) is 15.2 Å². The Morgan fingerprint density at radius 2 is 1.92 bits per heavy atom. The lowest BCUT2D eigenvalue weighted by Crippen LogP contribution is -2.19. The molecule has 5 nitrogen and oxygen atoms in total. The van der Waals surface area contributed by atoms with Gasteiger partial charge in [0.05, 0.1) is 12.4 Å². The van der Waals surface area contributed by atoms with Gasteiger partial charge in [0.25, 0.3) is 0 Å². The number of nitrogens with zero attached hydrogens (tertiary/aromatic N) is 2. The topological polar surface area (TPSA) is 61.8 Å². The Morgan fingerprint density at radius 1 is 1.15 bits per heavy atom. The molecule has 0 amide bonds. The molecular weight excluding hydrogens is 326 g/mol. The fourth-order valence-electron chi connectivity index (χ4n) is 3.78. The summed E-state index contributed by atoms with van der Waals surface area (Å²) in [5.41, 5.74) is 9.28. The zero-order valence-corrected chi connectivity index (χ0v) is 15.1. The molecule has 0 aliphatic carbocycles. The van der Waals surface area contributed by atoms with Crippen molar-refractivity contribution < 1.29 is 9.47 Å². The van der Waals surface area contributed by atoms with Crippen LogP contribution in [-0.4, -0.2) is 30.3 Å². The highest BCUT2D eigenvalue weighted by Crippen LogP contribution is 2.35. The van der Waals surface area contributed by atoms with E-state index in [0.717, 1.165) is 31.6 Å². The number of amidine groups is 1. The molecule has 0 unspecified atom stereocenters. The van der Waals surface area contributed by atoms with Gasteiger partial charge >= 0.3 is 0 Å². The average Bonchev–Trinajstić information content (AvgIpc) is 2.99. The Balaban J connectivity index is 1.73. The summed E-state index contributed by atoms with van der Waals surface area (Å²) in [4.78, 5) is 4.08. The van der Waals surface area contributed by atoms with Crippen molar-refractivity contribution in [2.45, 2.75) is 32.4 Å². The molecule has 2 N–H and O–H groups in total. The molecule has 0 radical (unpaired) electrons. The Morgan fingerprint density at radius 3 is 2.73 bits per heavy atom. The number of para-hydroxylation sites is 1. The Hall–Kier alpha value is -2.37. The predicted octanol–water partition coefficient (Wildman–Crippen LogP) is 4.00. The lowest BCUT2D eigenvalue weighted by atomic mass is 10.1. The molecule has 3 aromatic rings. The van der Waals surface area contributed by atoms with E-state index in [-0.39, 0.29) is 0 Å². The van der Waals surface area contributed by atoms with Gasteiger partial charge in [-0.25, -0.2) is 4.99 Å². The summed E-state index contributed by atoms with van der Waals surface area (Å²) in [6.07, 6.45) is 2.11. The fraction of sp³-hybridized carbons (Fsp3) is 0.381. The maximum atomic E-state index is 5.64. The van der Waals surface area contributed by atoms with Crippen LogP contribution in [0.5, 0.6) is 0 Å². The Kier molecular flexibility index (Phi) is 4.91. The average molecular weight is 351 g/mol. The van der Waals surface area contributed by atoms with E-state index in [0.29, 0.717) is 25.2 Å². The second kappa shape index (κ2) is 7.48. The first-order valence-electron chi connectivity index (χ1n) is 9.17. The number of hydrogen-bond acceptors (Lipinski definition) is 3. The van der Waals surface area contributed by atoms with Crippen molar-refractivity contribution in [3.8, 4) is 0 Å². The molecule has 1 aliphatic heterocycles. The van der Waals surface area contributed by atoms with Gasteiger partial charge in [-0.05, 0) is 37.5 Å². The first kappa shape index (κ1) is 17.1. The van der Waals surface area contributed by atoms with Crippen molar-refractivity contribution in [1.82, 2.24) is 4.57 Å². The fourth-order valence-corrected chi connectivity index (χ4v) is 3.78. The van der Waals surface area contributed by atoms with Gasteiger partial charge in [0.1, 0.15) is 6.73 Å². The molecule has 136 valence electrons. The van der Waals surface area contributed by atoms with Gasteiger partial charge < -0.3 is 19.8 Å². The van der Waals surface area contributed by atoms with E-state index in [1.165, 1.54) is 21.8 Å². The van der Waals surface area contributed by atoms with Gasteiger partial charge in [-0.3, -0.25) is 0 Å². The first-order chi connectivity index (χ1) is 12.7. The maximum Gasteiger partial charge on any atom is 0.139 e. The highest BCUT2D eigenvalue weighted by Gasteiger charge is 2.20. The lowest BCUT2D eigenvalue weighted by Gasteiger charge is -2.25. The molecule has 0 spiro atoms. The van der Waals surface area contributed by atoms with Crippen molar-refractivity contribution in [2.24, 2.45) is 10.7 Å². The number of rotatable bonds is 5. The Labute approximate surface area is 153 Å². The molecule has 2 heterocycles. The third kappa shape index (κ3) is 3.32. The number of fused-ring (bicyclic) bond motifs is 3. The molecule has 1 aromatic heterocycles. The van der Waals surface area contributed by atoms with Crippen LogP contribution in [-0.2, 0) is 16.1 Å². The van der Waals surface area contributed by atoms with Gasteiger partial charge in [-0.2, -0.15) is 0 Å². The second-order valence-corrected chi connectivity index (χ2v) is 6.86. The predicted molar refractivity (Wildman–Crippen MR) is 105 cm³/mol. The van der Waals surface area contributed by atoms with Crippen LogP contribution < -0.4 is 5.73 Å². The molecule has 0 saturated carbocycles. The van der Waals surface area contributed by atoms with Crippen molar-refractivity contribution in [3.63, 3.8) is 0 Å². The third-order valence-corrected chi connectivity index (χ3v) is 5.01. The van der Waals surface area contributed by atoms with Crippen LogP contribution in [0.25, 0.3) is 21.8 Å². The standard InChI is InChI=1S/C21H25N3O2/c1-15(22)23-14-26-13-16-6-7-19-18-4-2-3-5-20(18)24(21(19)12-16)17-8-10-25-11-9-17/h2-7,12,17H,8-11,13-14H2,1H3,(H2,22,23). The van der Waals surface area contributed by atoms with Crippen LogP contribution in [0.2, 0.25) is 0 Å². The Bertz CT molecular complexity index is 935. The van der Waals surface area contributed by atoms with Gasteiger partial charge in [0, 0.05) is 41.1 Å². The highest BCUT2D eigenvalue weighted by atomic mass is 16.5. The summed E-state index contributed by atoms with van der Waals surface area (Å²) in [5.74, 6) is 0.542. The minimum atomic E-state index is 0.295. The lowest BCUT2D eigenvalue weighted by molar-refractivity contribution is 0.0717. The third-order valence-electron chi connectivity index (χ3n) is 5.01. The van der Waals surface area contributed by atoms with Crippen LogP contribution in [0.1, 0.15) is 31.4 Å². The van der Waals surface area contributed by atoms with Gasteiger partial charge in [-0.15, -0.1) is 0 Å². The number of ether oxygens (including phenoxy) is 2. The van der Waals surface area contributed by atoms with E-state index in [1.54, 1.807) is 6.92 Å². The number of aliphatic imine (C=N–C) groups is 1. The largest absolute Gasteiger partial charge is 0.388 e. The summed E-state index contributed by atoms with van der Waals surface area (Å²) in [6, 6.07) is 15.7. The molecule has 26 heavy (non-hydrogen) atoms. The van der Waals surface area contributed by atoms with Crippen molar-refractivity contribution in [3.05, 3.63) is 48.0 Å². The summed E-state index contributed by atoms with van der Waals surface area (Å²) >= 11 is 0. The molecule has 1 saturated heterocycles. The summed E-state index contributed by atoms with van der Waals surface area (Å²) < 4.78 is 13.7. The van der Waals surface area contributed by atoms with Crippen LogP contribution in [0.4, 0.5) is 0 Å². The summed E-state index contributed by atoms with van der Waals surface area (Å²) in [5, 5.41) is 2.61. The van der Waals surface area contributed by atoms with Crippen molar-refractivity contribution in [1.29, 1.82) is 0 Å². The molecule has 1 fully saturated rings. The molecule has 1 aliphatic rings. The SMILES string of the molecule is C/C(N)=N/COCc1ccc2c3ccccc3n(C3CCOCC3)c2c1. The quantitative estimate of drug-likeness (QED) is 0.429. The van der Waals surface area contributed by atoms with E-state index >= 15 is 0 Å². The zero-order valence-electron chi connectivity index (χ0n) is 15.1. The molecule has 4 rings (SSSR count). The minimum absolute atomic E-state index is 0.295. The van der Waals surface area contributed by atoms with Crippen LogP contribution in [0, 0.1) is 0 Å². The maximum absolute atomic E-state index is 5.64. The molecular formula is C21H25N3O2. The van der Waals surface area contributed by atoms with E-state index in [2.05, 4.69) is 52.0 Å². The first-order valence-corrected chi connectivity index (χ1v) is 9.17. The molecule has 0 atom stereocenters. The normalized spacial score (nSPS) is 16.6. The van der Waals surface area contributed by atoms with Crippen molar-refractivity contribution >= 4 is 27.6 Å². The number of benzene rings is 2. The van der Waals surface area contributed by atoms with Gasteiger partial charge in [0.15, 0.2) is 0 Å². The molecule has 5 heteroatoms. The monoisotopic (exact) mass is 351 g/mol.